The van der Waals surface area contributed by atoms with Crippen LogP contribution in [0.15, 0.2) is 0 Å². The quantitative estimate of drug-likeness (QED) is 0.519. The summed E-state index contributed by atoms with van der Waals surface area (Å²) in [6, 6.07) is 0. The smallest absolute Gasteiger partial charge is 0.164 e. The van der Waals surface area contributed by atoms with E-state index in [1.165, 1.54) is 0 Å². The Balaban J connectivity index is 2.07. The molecule has 0 amide bonds. The maximum atomic E-state index is 11.7. The van der Waals surface area contributed by atoms with E-state index < -0.39 is 0 Å². The minimum atomic E-state index is -0.362. The Hall–Kier alpha value is -0.700. The van der Waals surface area contributed by atoms with Crippen LogP contribution in [0.25, 0.3) is 0 Å². The molecule has 0 aromatic rings. The molecule has 13 heavy (non-hydrogen) atoms. The van der Waals surface area contributed by atoms with Crippen LogP contribution in [-0.4, -0.2) is 23.3 Å². The van der Waals surface area contributed by atoms with E-state index in [2.05, 4.69) is 0 Å². The molecule has 2 aliphatic carbocycles. The van der Waals surface area contributed by atoms with Gasteiger partial charge < -0.3 is 4.74 Å². The lowest BCUT2D eigenvalue weighted by molar-refractivity contribution is -0.129. The second kappa shape index (κ2) is 1.87. The summed E-state index contributed by atoms with van der Waals surface area (Å²) in [5, 5.41) is 0. The average Bonchev–Trinajstić information content (AvgIpc) is 2.80. The van der Waals surface area contributed by atoms with Crippen LogP contribution in [-0.2, 0) is 14.3 Å². The van der Waals surface area contributed by atoms with E-state index >= 15 is 0 Å². The molecule has 3 atom stereocenters. The lowest BCUT2D eigenvalue weighted by Gasteiger charge is -2.30. The fourth-order valence-corrected chi connectivity index (χ4v) is 3.05. The molecular formula is C10H12O3. The van der Waals surface area contributed by atoms with Crippen LogP contribution in [0, 0.1) is 5.41 Å². The number of hydrogen-bond donors (Lipinski definition) is 0. The van der Waals surface area contributed by atoms with Gasteiger partial charge in [0.25, 0.3) is 0 Å². The van der Waals surface area contributed by atoms with E-state index in [4.69, 9.17) is 4.74 Å². The van der Waals surface area contributed by atoms with Crippen LogP contribution >= 0.6 is 0 Å². The Morgan fingerprint density at radius 1 is 1.31 bits per heavy atom. The molecule has 3 fully saturated rings. The van der Waals surface area contributed by atoms with Gasteiger partial charge in [-0.1, -0.05) is 0 Å². The van der Waals surface area contributed by atoms with Crippen molar-refractivity contribution >= 4 is 11.6 Å². The van der Waals surface area contributed by atoms with Crippen LogP contribution in [0.4, 0.5) is 0 Å². The van der Waals surface area contributed by atoms with Gasteiger partial charge in [0, 0.05) is 12.8 Å². The minimum absolute atomic E-state index is 0.201. The highest BCUT2D eigenvalue weighted by Crippen LogP contribution is 2.63. The molecule has 3 nitrogen and oxygen atoms in total. The molecule has 2 saturated carbocycles. The molecule has 1 heterocycles. The highest BCUT2D eigenvalue weighted by Gasteiger charge is 2.76. The summed E-state index contributed by atoms with van der Waals surface area (Å²) in [5.74, 6) is 0.495. The van der Waals surface area contributed by atoms with E-state index in [0.717, 1.165) is 6.42 Å². The Morgan fingerprint density at radius 3 is 2.85 bits per heavy atom. The molecule has 3 aliphatic rings. The third kappa shape index (κ3) is 0.633. The second-order valence-corrected chi connectivity index (χ2v) is 4.61. The maximum Gasteiger partial charge on any atom is 0.164 e. The first-order valence-corrected chi connectivity index (χ1v) is 4.84. The molecule has 0 aromatic heterocycles. The lowest BCUT2D eigenvalue weighted by Crippen LogP contribution is -2.43. The van der Waals surface area contributed by atoms with E-state index in [9.17, 15) is 9.59 Å². The summed E-state index contributed by atoms with van der Waals surface area (Å²) in [6.45, 7) is 1.97. The zero-order chi connectivity index (χ0) is 9.27. The van der Waals surface area contributed by atoms with Crippen LogP contribution < -0.4 is 0 Å². The fraction of sp³-hybridized carbons (Fsp3) is 0.800. The van der Waals surface area contributed by atoms with Gasteiger partial charge in [-0.15, -0.1) is 0 Å². The number of carbonyl (C=O) groups is 2. The molecule has 1 aliphatic heterocycles. The third-order valence-corrected chi connectivity index (χ3v) is 4.13. The van der Waals surface area contributed by atoms with Gasteiger partial charge >= 0.3 is 0 Å². The van der Waals surface area contributed by atoms with Crippen LogP contribution in [0.3, 0.4) is 0 Å². The van der Waals surface area contributed by atoms with Crippen molar-refractivity contribution in [2.75, 3.05) is 0 Å². The SMILES string of the molecule is C[C@@]12CCC(=O)[C@H]3O[C@]31CCC2=O. The lowest BCUT2D eigenvalue weighted by atomic mass is 9.68. The molecule has 0 unspecified atom stereocenters. The van der Waals surface area contributed by atoms with Crippen molar-refractivity contribution in [3.05, 3.63) is 0 Å². The van der Waals surface area contributed by atoms with Crippen molar-refractivity contribution < 1.29 is 14.3 Å². The summed E-state index contributed by atoms with van der Waals surface area (Å²) in [6.07, 6.45) is 2.34. The molecular weight excluding hydrogens is 168 g/mol. The zero-order valence-corrected chi connectivity index (χ0v) is 7.63. The molecule has 0 N–H and O–H groups in total. The monoisotopic (exact) mass is 180 g/mol. The topological polar surface area (TPSA) is 46.7 Å². The van der Waals surface area contributed by atoms with Gasteiger partial charge in [-0.3, -0.25) is 9.59 Å². The van der Waals surface area contributed by atoms with Gasteiger partial charge in [0.05, 0.1) is 5.41 Å². The largest absolute Gasteiger partial charge is 0.357 e. The number of ketones is 2. The summed E-state index contributed by atoms with van der Waals surface area (Å²) >= 11 is 0. The molecule has 3 rings (SSSR count). The second-order valence-electron chi connectivity index (χ2n) is 4.61. The molecule has 0 bridgehead atoms. The summed E-state index contributed by atoms with van der Waals surface area (Å²) in [4.78, 5) is 23.1. The highest BCUT2D eigenvalue weighted by molar-refractivity contribution is 5.97. The van der Waals surface area contributed by atoms with Gasteiger partial charge in [0.15, 0.2) is 5.78 Å². The summed E-state index contributed by atoms with van der Waals surface area (Å²) in [5.41, 5.74) is -0.703. The average molecular weight is 180 g/mol. The van der Waals surface area contributed by atoms with Gasteiger partial charge in [0.1, 0.15) is 17.5 Å². The number of rotatable bonds is 0. The van der Waals surface area contributed by atoms with Crippen LogP contribution in [0.2, 0.25) is 0 Å². The number of ether oxygens (including phenoxy) is 1. The van der Waals surface area contributed by atoms with Gasteiger partial charge in [-0.2, -0.15) is 0 Å². The van der Waals surface area contributed by atoms with Crippen molar-refractivity contribution in [1.29, 1.82) is 0 Å². The molecule has 0 radical (unpaired) electrons. The van der Waals surface area contributed by atoms with Crippen molar-refractivity contribution in [1.82, 2.24) is 0 Å². The number of epoxide rings is 1. The third-order valence-electron chi connectivity index (χ3n) is 4.13. The Labute approximate surface area is 76.4 Å². The Morgan fingerprint density at radius 2 is 2.08 bits per heavy atom. The van der Waals surface area contributed by atoms with Gasteiger partial charge in [0.2, 0.25) is 0 Å². The van der Waals surface area contributed by atoms with Crippen LogP contribution in [0.5, 0.6) is 0 Å². The van der Waals surface area contributed by atoms with Crippen molar-refractivity contribution in [3.8, 4) is 0 Å². The fourth-order valence-electron chi connectivity index (χ4n) is 3.05. The standard InChI is InChI=1S/C10H12O3/c1-9-4-2-6(11)8-10(9,13-8)5-3-7(9)12/h8H,2-5H2,1H3/t8-,9+,10-/m1/s1. The maximum absolute atomic E-state index is 11.7. The predicted octanol–water partition coefficient (Wildman–Crippen LogP) is 0.856. The van der Waals surface area contributed by atoms with E-state index in [1.807, 2.05) is 6.92 Å². The van der Waals surface area contributed by atoms with Crippen molar-refractivity contribution in [2.24, 2.45) is 5.41 Å². The molecule has 1 saturated heterocycles. The molecule has 3 heteroatoms. The number of hydrogen-bond acceptors (Lipinski definition) is 3. The Bertz CT molecular complexity index is 322. The molecule has 1 spiro atoms. The first kappa shape index (κ1) is 7.68. The van der Waals surface area contributed by atoms with Gasteiger partial charge in [-0.05, 0) is 19.8 Å². The number of carbonyl (C=O) groups excluding carboxylic acids is 2. The van der Waals surface area contributed by atoms with E-state index in [1.54, 1.807) is 0 Å². The molecule has 0 aromatic carbocycles. The Kier molecular flexibility index (Phi) is 1.11. The highest BCUT2D eigenvalue weighted by atomic mass is 16.6. The first-order valence-electron chi connectivity index (χ1n) is 4.84. The first-order chi connectivity index (χ1) is 6.10. The van der Waals surface area contributed by atoms with Crippen molar-refractivity contribution in [3.63, 3.8) is 0 Å². The van der Waals surface area contributed by atoms with E-state index in [0.29, 0.717) is 25.0 Å². The summed E-state index contributed by atoms with van der Waals surface area (Å²) in [7, 11) is 0. The normalized spacial score (nSPS) is 53.2. The van der Waals surface area contributed by atoms with Crippen molar-refractivity contribution in [2.45, 2.75) is 44.3 Å². The van der Waals surface area contributed by atoms with Crippen LogP contribution in [0.1, 0.15) is 32.6 Å². The summed E-state index contributed by atoms with van der Waals surface area (Å²) < 4.78 is 5.50. The van der Waals surface area contributed by atoms with Gasteiger partial charge in [-0.25, -0.2) is 0 Å². The minimum Gasteiger partial charge on any atom is -0.357 e. The zero-order valence-electron chi connectivity index (χ0n) is 7.63. The predicted molar refractivity (Wildman–Crippen MR) is 44.2 cm³/mol. The molecule has 70 valence electrons. The van der Waals surface area contributed by atoms with E-state index in [-0.39, 0.29) is 22.9 Å². The number of Topliss-reactive ketones (excluding diaryl/α,β-unsaturated/α-hetero) is 2.